The molecule has 4 aliphatic carbocycles. The molecule has 0 radical (unpaired) electrons. The summed E-state index contributed by atoms with van der Waals surface area (Å²) >= 11 is 0. The summed E-state index contributed by atoms with van der Waals surface area (Å²) in [6, 6.07) is 0. The number of hydrogen-bond donors (Lipinski definition) is 3. The number of fused-ring (bicyclic) bond motifs is 5. The third-order valence-corrected chi connectivity index (χ3v) is 8.49. The first-order valence-corrected chi connectivity index (χ1v) is 10.6. The van der Waals surface area contributed by atoms with Crippen LogP contribution in [0.4, 0.5) is 0 Å². The van der Waals surface area contributed by atoms with Crippen molar-refractivity contribution in [1.82, 2.24) is 0 Å². The molecule has 0 spiro atoms. The van der Waals surface area contributed by atoms with Gasteiger partial charge in [0.15, 0.2) is 11.6 Å². The Morgan fingerprint density at radius 2 is 1.93 bits per heavy atom. The van der Waals surface area contributed by atoms with Gasteiger partial charge in [-0.1, -0.05) is 25.5 Å². The number of aliphatic hydroxyl groups is 2. The van der Waals surface area contributed by atoms with Crippen LogP contribution < -0.4 is 0 Å². The molecule has 0 bridgehead atoms. The summed E-state index contributed by atoms with van der Waals surface area (Å²) in [4.78, 5) is 49.2. The Labute approximate surface area is 174 Å². The van der Waals surface area contributed by atoms with E-state index in [0.717, 1.165) is 5.57 Å². The molecule has 7 heteroatoms. The molecule has 3 saturated carbocycles. The molecule has 0 amide bonds. The van der Waals surface area contributed by atoms with E-state index in [1.807, 2.05) is 13.0 Å². The highest BCUT2D eigenvalue weighted by Gasteiger charge is 2.68. The van der Waals surface area contributed by atoms with E-state index in [1.54, 1.807) is 13.0 Å². The third kappa shape index (κ3) is 2.71. The van der Waals surface area contributed by atoms with Crippen molar-refractivity contribution in [3.05, 3.63) is 23.8 Å². The van der Waals surface area contributed by atoms with Crippen molar-refractivity contribution >= 4 is 23.3 Å². The van der Waals surface area contributed by atoms with Gasteiger partial charge in [0.05, 0.1) is 6.42 Å². The molecule has 0 saturated heterocycles. The molecule has 3 N–H and O–H groups in total. The highest BCUT2D eigenvalue weighted by Crippen LogP contribution is 2.66. The molecule has 30 heavy (non-hydrogen) atoms. The van der Waals surface area contributed by atoms with Crippen LogP contribution in [0.2, 0.25) is 0 Å². The van der Waals surface area contributed by atoms with Crippen LogP contribution in [0, 0.1) is 28.6 Å². The lowest BCUT2D eigenvalue weighted by Crippen LogP contribution is -2.61. The molecule has 0 heterocycles. The zero-order chi connectivity index (χ0) is 22.1. The average molecular weight is 416 g/mol. The van der Waals surface area contributed by atoms with Crippen molar-refractivity contribution in [2.24, 2.45) is 28.6 Å². The van der Waals surface area contributed by atoms with Gasteiger partial charge in [-0.3, -0.25) is 19.2 Å². The lowest BCUT2D eigenvalue weighted by Gasteiger charge is -2.56. The Morgan fingerprint density at radius 3 is 2.60 bits per heavy atom. The largest absolute Gasteiger partial charge is 0.481 e. The van der Waals surface area contributed by atoms with Gasteiger partial charge in [0, 0.05) is 23.2 Å². The highest BCUT2D eigenvalue weighted by atomic mass is 16.4. The van der Waals surface area contributed by atoms with Crippen molar-refractivity contribution < 1.29 is 34.5 Å². The molecule has 0 aromatic rings. The fourth-order valence-electron chi connectivity index (χ4n) is 6.97. The topological polar surface area (TPSA) is 129 Å². The van der Waals surface area contributed by atoms with Gasteiger partial charge in [-0.15, -0.1) is 0 Å². The molecule has 0 aromatic heterocycles. The molecule has 3 fully saturated rings. The maximum atomic E-state index is 13.5. The van der Waals surface area contributed by atoms with Crippen molar-refractivity contribution in [1.29, 1.82) is 0 Å². The maximum absolute atomic E-state index is 13.5. The molecule has 4 aliphatic rings. The van der Waals surface area contributed by atoms with E-state index < -0.39 is 40.7 Å². The lowest BCUT2D eigenvalue weighted by molar-refractivity contribution is -0.174. The SMILES string of the molecule is C[C@]12C=CC(=O)C=C1CC[C@@H]1[C@@H]2C(=O)C[C@@]2(C)[C@H]1CC[C@]2(O)C(=O)C(O)CC(=O)O. The molecular weight excluding hydrogens is 388 g/mol. The summed E-state index contributed by atoms with van der Waals surface area (Å²) < 4.78 is 0. The first kappa shape index (κ1) is 21.1. The second kappa shape index (κ2) is 6.69. The number of carboxylic acid groups (broad SMARTS) is 1. The van der Waals surface area contributed by atoms with E-state index in [9.17, 15) is 29.4 Å². The van der Waals surface area contributed by atoms with Crippen molar-refractivity contribution in [2.75, 3.05) is 0 Å². The van der Waals surface area contributed by atoms with Crippen LogP contribution >= 0.6 is 0 Å². The number of carboxylic acids is 1. The lowest BCUT2D eigenvalue weighted by atomic mass is 9.46. The number of allylic oxidation sites excluding steroid dienone is 4. The molecule has 162 valence electrons. The van der Waals surface area contributed by atoms with Gasteiger partial charge in [-0.2, -0.15) is 0 Å². The van der Waals surface area contributed by atoms with Gasteiger partial charge in [0.2, 0.25) is 0 Å². The van der Waals surface area contributed by atoms with Gasteiger partial charge in [0.25, 0.3) is 0 Å². The number of hydrogen-bond acceptors (Lipinski definition) is 6. The standard InChI is InChI=1S/C23H28O7/c1-21-7-5-13(24)9-12(21)3-4-14-15-6-8-23(30,20(29)16(25)10-18(27)28)22(15,2)11-17(26)19(14)21/h5,7,9,14-16,19,25,30H,3-4,6,8,10-11H2,1-2H3,(H,27,28)/t14-,15-,16?,19+,21-,22-,23-/m0/s1. The molecule has 4 rings (SSSR count). The van der Waals surface area contributed by atoms with Gasteiger partial charge in [-0.05, 0) is 49.7 Å². The van der Waals surface area contributed by atoms with Gasteiger partial charge in [-0.25, -0.2) is 0 Å². The van der Waals surface area contributed by atoms with Crippen molar-refractivity contribution in [3.63, 3.8) is 0 Å². The Kier molecular flexibility index (Phi) is 4.71. The zero-order valence-corrected chi connectivity index (χ0v) is 17.3. The molecule has 7 atom stereocenters. The number of Topliss-reactive ketones (excluding diaryl/α,β-unsaturated/α-hetero) is 2. The number of aliphatic carboxylic acids is 1. The summed E-state index contributed by atoms with van der Waals surface area (Å²) in [6.07, 6.45) is 4.42. The minimum Gasteiger partial charge on any atom is -0.481 e. The van der Waals surface area contributed by atoms with Crippen molar-refractivity contribution in [2.45, 2.75) is 64.1 Å². The van der Waals surface area contributed by atoms with E-state index in [0.29, 0.717) is 19.3 Å². The monoisotopic (exact) mass is 416 g/mol. The molecular formula is C23H28O7. The normalized spacial score (nSPS) is 43.3. The second-order valence-corrected chi connectivity index (χ2v) is 9.91. The Morgan fingerprint density at radius 1 is 1.23 bits per heavy atom. The number of aliphatic hydroxyl groups excluding tert-OH is 1. The van der Waals surface area contributed by atoms with Crippen LogP contribution in [0.15, 0.2) is 23.8 Å². The van der Waals surface area contributed by atoms with Gasteiger partial charge < -0.3 is 15.3 Å². The van der Waals surface area contributed by atoms with Crippen LogP contribution in [0.3, 0.4) is 0 Å². The Bertz CT molecular complexity index is 901. The predicted octanol–water partition coefficient (Wildman–Crippen LogP) is 1.61. The summed E-state index contributed by atoms with van der Waals surface area (Å²) in [5.74, 6) is -2.80. The molecule has 7 nitrogen and oxygen atoms in total. The number of carbonyl (C=O) groups is 4. The first-order valence-electron chi connectivity index (χ1n) is 10.6. The summed E-state index contributed by atoms with van der Waals surface area (Å²) in [6.45, 7) is 3.72. The molecule has 0 aromatic carbocycles. The van der Waals surface area contributed by atoms with E-state index in [2.05, 4.69) is 0 Å². The maximum Gasteiger partial charge on any atom is 0.306 e. The zero-order valence-electron chi connectivity index (χ0n) is 17.3. The quantitative estimate of drug-likeness (QED) is 0.635. The third-order valence-electron chi connectivity index (χ3n) is 8.49. The highest BCUT2D eigenvalue weighted by molar-refractivity contribution is 6.02. The van der Waals surface area contributed by atoms with E-state index >= 15 is 0 Å². The minimum atomic E-state index is -1.93. The van der Waals surface area contributed by atoms with Crippen LogP contribution in [0.5, 0.6) is 0 Å². The van der Waals surface area contributed by atoms with Gasteiger partial charge in [0.1, 0.15) is 17.5 Å². The fourth-order valence-corrected chi connectivity index (χ4v) is 6.97. The van der Waals surface area contributed by atoms with Crippen LogP contribution in [0.1, 0.15) is 52.4 Å². The fraction of sp³-hybridized carbons (Fsp3) is 0.652. The molecule has 1 unspecified atom stereocenters. The van der Waals surface area contributed by atoms with E-state index in [-0.39, 0.29) is 42.2 Å². The average Bonchev–Trinajstić information content (AvgIpc) is 2.92. The predicted molar refractivity (Wildman–Crippen MR) is 105 cm³/mol. The van der Waals surface area contributed by atoms with Gasteiger partial charge >= 0.3 is 5.97 Å². The van der Waals surface area contributed by atoms with Crippen LogP contribution in [-0.2, 0) is 19.2 Å². The minimum absolute atomic E-state index is 0.00841. The van der Waals surface area contributed by atoms with Crippen LogP contribution in [-0.4, -0.2) is 50.3 Å². The summed E-state index contributed by atoms with van der Waals surface area (Å²) in [7, 11) is 0. The Balaban J connectivity index is 1.69. The van der Waals surface area contributed by atoms with Crippen LogP contribution in [0.25, 0.3) is 0 Å². The summed E-state index contributed by atoms with van der Waals surface area (Å²) in [5, 5.41) is 30.5. The number of ketones is 3. The van der Waals surface area contributed by atoms with E-state index in [1.165, 1.54) is 6.08 Å². The molecule has 0 aliphatic heterocycles. The number of carbonyl (C=O) groups excluding carboxylic acids is 3. The smallest absolute Gasteiger partial charge is 0.306 e. The summed E-state index contributed by atoms with van der Waals surface area (Å²) in [5.41, 5.74) is -2.55. The van der Waals surface area contributed by atoms with E-state index in [4.69, 9.17) is 5.11 Å². The van der Waals surface area contributed by atoms with Crippen molar-refractivity contribution in [3.8, 4) is 0 Å². The second-order valence-electron chi connectivity index (χ2n) is 9.91. The Hall–Kier alpha value is -2.12. The first-order chi connectivity index (χ1) is 13.9. The number of rotatable bonds is 4.